The second-order valence-electron chi connectivity index (χ2n) is 5.94. The molecular weight excluding hydrogens is 446 g/mol. The third kappa shape index (κ3) is 4.29. The number of benzene rings is 2. The zero-order valence-corrected chi connectivity index (χ0v) is 16.5. The molecule has 1 amide bonds. The van der Waals surface area contributed by atoms with E-state index in [1.807, 2.05) is 66.8 Å². The third-order valence-corrected chi connectivity index (χ3v) is 5.27. The van der Waals surface area contributed by atoms with Crippen LogP contribution in [0, 0.1) is 5.92 Å². The highest BCUT2D eigenvalue weighted by Gasteiger charge is 2.37. The van der Waals surface area contributed by atoms with E-state index < -0.39 is 5.60 Å². The highest BCUT2D eigenvalue weighted by atomic mass is 79.9. The number of amides is 1. The molecular formula is C20H17Br2NO2. The van der Waals surface area contributed by atoms with Crippen molar-refractivity contribution in [3.05, 3.63) is 87.3 Å². The van der Waals surface area contributed by atoms with Gasteiger partial charge in [-0.1, -0.05) is 62.2 Å². The lowest BCUT2D eigenvalue weighted by atomic mass is 9.76. The van der Waals surface area contributed by atoms with Crippen molar-refractivity contribution in [2.24, 2.45) is 5.92 Å². The Morgan fingerprint density at radius 1 is 1.00 bits per heavy atom. The number of halogens is 2. The molecule has 0 aromatic heterocycles. The lowest BCUT2D eigenvalue weighted by Gasteiger charge is -2.34. The molecule has 5 heteroatoms. The van der Waals surface area contributed by atoms with Crippen LogP contribution >= 0.6 is 31.9 Å². The number of rotatable bonds is 4. The largest absolute Gasteiger partial charge is 0.380 e. The van der Waals surface area contributed by atoms with Crippen molar-refractivity contribution < 1.29 is 9.90 Å². The Morgan fingerprint density at radius 2 is 1.60 bits per heavy atom. The molecule has 0 bridgehead atoms. The van der Waals surface area contributed by atoms with Gasteiger partial charge in [0.1, 0.15) is 5.60 Å². The van der Waals surface area contributed by atoms with Gasteiger partial charge >= 0.3 is 0 Å². The van der Waals surface area contributed by atoms with Crippen molar-refractivity contribution in [2.45, 2.75) is 12.0 Å². The molecule has 2 atom stereocenters. The van der Waals surface area contributed by atoms with Crippen LogP contribution in [0.2, 0.25) is 0 Å². The van der Waals surface area contributed by atoms with E-state index in [9.17, 15) is 9.90 Å². The van der Waals surface area contributed by atoms with Gasteiger partial charge in [0, 0.05) is 27.0 Å². The summed E-state index contributed by atoms with van der Waals surface area (Å²) in [5.41, 5.74) is 0.292. The summed E-state index contributed by atoms with van der Waals surface area (Å²) in [5.74, 6) is -0.475. The average molecular weight is 463 g/mol. The van der Waals surface area contributed by atoms with Crippen molar-refractivity contribution in [1.29, 1.82) is 0 Å². The van der Waals surface area contributed by atoms with Crippen molar-refractivity contribution in [1.82, 2.24) is 0 Å². The predicted molar refractivity (Wildman–Crippen MR) is 107 cm³/mol. The highest BCUT2D eigenvalue weighted by molar-refractivity contribution is 9.10. The first-order chi connectivity index (χ1) is 12.0. The molecule has 2 unspecified atom stereocenters. The van der Waals surface area contributed by atoms with Crippen molar-refractivity contribution in [3.63, 3.8) is 0 Å². The zero-order valence-electron chi connectivity index (χ0n) is 13.3. The molecule has 3 rings (SSSR count). The number of allylic oxidation sites excluding steroid dienone is 2. The van der Waals surface area contributed by atoms with Gasteiger partial charge < -0.3 is 10.4 Å². The fraction of sp³-hybridized carbons (Fsp3) is 0.150. The van der Waals surface area contributed by atoms with Gasteiger partial charge in [-0.2, -0.15) is 0 Å². The molecule has 0 radical (unpaired) electrons. The Kier molecular flexibility index (Phi) is 5.57. The van der Waals surface area contributed by atoms with Crippen LogP contribution in [0.3, 0.4) is 0 Å². The van der Waals surface area contributed by atoms with Crippen LogP contribution in [-0.4, -0.2) is 11.0 Å². The van der Waals surface area contributed by atoms with Crippen LogP contribution in [0.1, 0.15) is 12.0 Å². The standard InChI is InChI=1S/C20H17Br2NO2/c21-16-6-4-14(5-7-16)20(25)12-2-1-3-15(20)13-19(24)23-18-10-8-17(22)9-11-18/h1-12,15,25H,13H2,(H,23,24). The molecule has 1 aliphatic rings. The number of carbonyl (C=O) groups is 1. The Hall–Kier alpha value is -1.69. The zero-order chi connectivity index (χ0) is 17.9. The predicted octanol–water partition coefficient (Wildman–Crippen LogP) is 5.17. The van der Waals surface area contributed by atoms with Crippen molar-refractivity contribution in [3.8, 4) is 0 Å². The van der Waals surface area contributed by atoms with E-state index in [1.165, 1.54) is 0 Å². The summed E-state index contributed by atoms with van der Waals surface area (Å²) in [6.07, 6.45) is 7.48. The summed E-state index contributed by atoms with van der Waals surface area (Å²) in [6, 6.07) is 14.9. The monoisotopic (exact) mass is 461 g/mol. The normalized spacial score (nSPS) is 22.0. The van der Waals surface area contributed by atoms with Crippen LogP contribution in [0.15, 0.2) is 81.8 Å². The van der Waals surface area contributed by atoms with E-state index in [0.717, 1.165) is 20.2 Å². The molecule has 0 fully saturated rings. The Bertz CT molecular complexity index is 813. The summed E-state index contributed by atoms with van der Waals surface area (Å²) < 4.78 is 1.90. The number of hydrogen-bond donors (Lipinski definition) is 2. The maximum absolute atomic E-state index is 12.4. The molecule has 0 saturated heterocycles. The van der Waals surface area contributed by atoms with E-state index in [0.29, 0.717) is 0 Å². The molecule has 25 heavy (non-hydrogen) atoms. The molecule has 2 aromatic carbocycles. The molecule has 128 valence electrons. The van der Waals surface area contributed by atoms with Gasteiger partial charge in [0.05, 0.1) is 0 Å². The Morgan fingerprint density at radius 3 is 2.24 bits per heavy atom. The minimum absolute atomic E-state index is 0.136. The van der Waals surface area contributed by atoms with Gasteiger partial charge in [-0.05, 0) is 48.0 Å². The number of anilines is 1. The molecule has 0 saturated carbocycles. The van der Waals surface area contributed by atoms with Crippen LogP contribution in [0.4, 0.5) is 5.69 Å². The van der Waals surface area contributed by atoms with Gasteiger partial charge in [0.15, 0.2) is 0 Å². The lowest BCUT2D eigenvalue weighted by molar-refractivity contribution is -0.118. The van der Waals surface area contributed by atoms with E-state index in [-0.39, 0.29) is 18.2 Å². The van der Waals surface area contributed by atoms with E-state index in [1.54, 1.807) is 6.08 Å². The number of aliphatic hydroxyl groups is 1. The second-order valence-corrected chi connectivity index (χ2v) is 7.77. The molecule has 2 N–H and O–H groups in total. The van der Waals surface area contributed by atoms with E-state index in [4.69, 9.17) is 0 Å². The molecule has 2 aromatic rings. The lowest BCUT2D eigenvalue weighted by Crippen LogP contribution is -2.35. The summed E-state index contributed by atoms with van der Waals surface area (Å²) in [4.78, 5) is 12.4. The van der Waals surface area contributed by atoms with Crippen molar-refractivity contribution in [2.75, 3.05) is 5.32 Å². The number of nitrogens with one attached hydrogen (secondary N) is 1. The third-order valence-electron chi connectivity index (χ3n) is 4.21. The molecule has 0 aliphatic heterocycles. The maximum Gasteiger partial charge on any atom is 0.225 e. The second kappa shape index (κ2) is 7.68. The first kappa shape index (κ1) is 18.1. The van der Waals surface area contributed by atoms with Crippen LogP contribution in [0.5, 0.6) is 0 Å². The fourth-order valence-electron chi connectivity index (χ4n) is 2.87. The summed E-state index contributed by atoms with van der Waals surface area (Å²) >= 11 is 6.77. The van der Waals surface area contributed by atoms with E-state index in [2.05, 4.69) is 37.2 Å². The van der Waals surface area contributed by atoms with Gasteiger partial charge in [0.25, 0.3) is 0 Å². The SMILES string of the molecule is O=C(CC1C=CC=CC1(O)c1ccc(Br)cc1)Nc1ccc(Br)cc1. The topological polar surface area (TPSA) is 49.3 Å². The van der Waals surface area contributed by atoms with E-state index >= 15 is 0 Å². The Labute approximate surface area is 163 Å². The first-order valence-electron chi connectivity index (χ1n) is 7.87. The van der Waals surface area contributed by atoms with Crippen LogP contribution in [0.25, 0.3) is 0 Å². The molecule has 1 aliphatic carbocycles. The summed E-state index contributed by atoms with van der Waals surface area (Å²) in [5, 5.41) is 14.1. The minimum Gasteiger partial charge on any atom is -0.380 e. The number of carbonyl (C=O) groups excluding carboxylic acids is 1. The molecule has 0 heterocycles. The summed E-state index contributed by atoms with van der Waals surface area (Å²) in [7, 11) is 0. The van der Waals surface area contributed by atoms with Gasteiger partial charge in [-0.15, -0.1) is 0 Å². The van der Waals surface area contributed by atoms with Gasteiger partial charge in [-0.3, -0.25) is 4.79 Å². The van der Waals surface area contributed by atoms with Gasteiger partial charge in [-0.25, -0.2) is 0 Å². The van der Waals surface area contributed by atoms with Crippen LogP contribution < -0.4 is 5.32 Å². The van der Waals surface area contributed by atoms with Crippen LogP contribution in [-0.2, 0) is 10.4 Å². The quantitative estimate of drug-likeness (QED) is 0.658. The minimum atomic E-state index is -1.20. The van der Waals surface area contributed by atoms with Crippen molar-refractivity contribution >= 4 is 43.5 Å². The molecule has 0 spiro atoms. The number of hydrogen-bond acceptors (Lipinski definition) is 2. The maximum atomic E-state index is 12.4. The Balaban J connectivity index is 1.76. The first-order valence-corrected chi connectivity index (χ1v) is 9.46. The highest BCUT2D eigenvalue weighted by Crippen LogP contribution is 2.37. The average Bonchev–Trinajstić information content (AvgIpc) is 2.59. The fourth-order valence-corrected chi connectivity index (χ4v) is 3.40. The summed E-state index contributed by atoms with van der Waals surface area (Å²) in [6.45, 7) is 0. The van der Waals surface area contributed by atoms with Gasteiger partial charge in [0.2, 0.25) is 5.91 Å². The molecule has 3 nitrogen and oxygen atoms in total. The smallest absolute Gasteiger partial charge is 0.225 e.